The van der Waals surface area contributed by atoms with Gasteiger partial charge in [0.1, 0.15) is 11.3 Å². The Morgan fingerprint density at radius 3 is 3.25 bits per heavy atom. The molecular weight excluding hydrogens is 170 g/mol. The smallest absolute Gasteiger partial charge is 0.127 e. The Hall–Kier alpha value is -0.740. The zero-order valence-electron chi connectivity index (χ0n) is 6.66. The van der Waals surface area contributed by atoms with Gasteiger partial charge in [-0.15, -0.1) is 11.8 Å². The van der Waals surface area contributed by atoms with Gasteiger partial charge in [-0.1, -0.05) is 6.07 Å². The van der Waals surface area contributed by atoms with E-state index >= 15 is 0 Å². The van der Waals surface area contributed by atoms with E-state index in [2.05, 4.69) is 15.6 Å². The van der Waals surface area contributed by atoms with Crippen LogP contribution in [0.5, 0.6) is 0 Å². The van der Waals surface area contributed by atoms with Gasteiger partial charge >= 0.3 is 0 Å². The van der Waals surface area contributed by atoms with E-state index in [4.69, 9.17) is 0 Å². The Labute approximate surface area is 76.0 Å². The maximum Gasteiger partial charge on any atom is 0.127 e. The Morgan fingerprint density at radius 2 is 2.58 bits per heavy atom. The first-order valence-corrected chi connectivity index (χ1v) is 5.02. The molecule has 1 aliphatic rings. The lowest BCUT2D eigenvalue weighted by atomic mass is 10.5. The first-order chi connectivity index (χ1) is 5.95. The van der Waals surface area contributed by atoms with Gasteiger partial charge in [-0.05, 0) is 12.1 Å². The van der Waals surface area contributed by atoms with Crippen LogP contribution < -0.4 is 10.6 Å². The average Bonchev–Trinajstić information content (AvgIpc) is 2.59. The van der Waals surface area contributed by atoms with Crippen LogP contribution in [0.25, 0.3) is 0 Å². The number of nitrogens with one attached hydrogen (secondary N) is 2. The third-order valence-corrected chi connectivity index (χ3v) is 2.72. The molecule has 0 radical (unpaired) electrons. The van der Waals surface area contributed by atoms with E-state index in [1.165, 1.54) is 5.75 Å². The SMILES string of the molecule is c1ccc(NC2NCCS2)nc1. The summed E-state index contributed by atoms with van der Waals surface area (Å²) in [6, 6.07) is 5.87. The van der Waals surface area contributed by atoms with Crippen LogP contribution in [0.2, 0.25) is 0 Å². The zero-order chi connectivity index (χ0) is 8.23. The maximum absolute atomic E-state index is 4.18. The van der Waals surface area contributed by atoms with E-state index in [0.717, 1.165) is 12.4 Å². The van der Waals surface area contributed by atoms with Crippen LogP contribution in [0, 0.1) is 0 Å². The predicted molar refractivity (Wildman–Crippen MR) is 52.1 cm³/mol. The molecule has 1 unspecified atom stereocenters. The largest absolute Gasteiger partial charge is 0.346 e. The lowest BCUT2D eigenvalue weighted by Gasteiger charge is -2.11. The van der Waals surface area contributed by atoms with Crippen LogP contribution in [0.1, 0.15) is 0 Å². The fourth-order valence-corrected chi connectivity index (χ4v) is 2.01. The molecule has 2 heterocycles. The van der Waals surface area contributed by atoms with Gasteiger partial charge < -0.3 is 5.32 Å². The zero-order valence-corrected chi connectivity index (χ0v) is 7.47. The fourth-order valence-electron chi connectivity index (χ4n) is 1.10. The van der Waals surface area contributed by atoms with Crippen LogP contribution in [0.3, 0.4) is 0 Å². The predicted octanol–water partition coefficient (Wildman–Crippen LogP) is 1.11. The minimum atomic E-state index is 0.333. The summed E-state index contributed by atoms with van der Waals surface area (Å²) in [5.41, 5.74) is 0.333. The highest BCUT2D eigenvalue weighted by Gasteiger charge is 2.13. The van der Waals surface area contributed by atoms with Crippen molar-refractivity contribution >= 4 is 17.6 Å². The summed E-state index contributed by atoms with van der Waals surface area (Å²) in [6.07, 6.45) is 1.79. The minimum absolute atomic E-state index is 0.333. The monoisotopic (exact) mass is 181 g/mol. The molecule has 0 aliphatic carbocycles. The molecule has 1 aromatic rings. The van der Waals surface area contributed by atoms with E-state index in [0.29, 0.717) is 5.50 Å². The van der Waals surface area contributed by atoms with E-state index in [1.54, 1.807) is 6.20 Å². The Kier molecular flexibility index (Phi) is 2.48. The second-order valence-electron chi connectivity index (χ2n) is 2.56. The van der Waals surface area contributed by atoms with Crippen LogP contribution in [-0.2, 0) is 0 Å². The van der Waals surface area contributed by atoms with Crippen molar-refractivity contribution in [2.75, 3.05) is 17.6 Å². The van der Waals surface area contributed by atoms with Crippen LogP contribution >= 0.6 is 11.8 Å². The standard InChI is InChI=1S/C8H11N3S/c1-2-4-9-7(3-1)11-8-10-5-6-12-8/h1-4,8,10H,5-6H2,(H,9,11). The van der Waals surface area contributed by atoms with E-state index in [-0.39, 0.29) is 0 Å². The molecule has 3 nitrogen and oxygen atoms in total. The number of aromatic nitrogens is 1. The molecule has 0 bridgehead atoms. The van der Waals surface area contributed by atoms with Gasteiger partial charge in [0.15, 0.2) is 0 Å². The van der Waals surface area contributed by atoms with Gasteiger partial charge in [0.25, 0.3) is 0 Å². The Bertz CT molecular complexity index is 233. The molecular formula is C8H11N3S. The topological polar surface area (TPSA) is 37.0 Å². The number of thioether (sulfide) groups is 1. The summed E-state index contributed by atoms with van der Waals surface area (Å²) in [7, 11) is 0. The summed E-state index contributed by atoms with van der Waals surface area (Å²) in [4.78, 5) is 4.18. The second kappa shape index (κ2) is 3.78. The number of pyridine rings is 1. The average molecular weight is 181 g/mol. The van der Waals surface area contributed by atoms with Crippen molar-refractivity contribution in [3.05, 3.63) is 24.4 Å². The summed E-state index contributed by atoms with van der Waals surface area (Å²) in [5, 5.41) is 6.60. The molecule has 2 N–H and O–H groups in total. The maximum atomic E-state index is 4.18. The third-order valence-electron chi connectivity index (χ3n) is 1.66. The molecule has 0 spiro atoms. The van der Waals surface area contributed by atoms with Crippen LogP contribution in [0.15, 0.2) is 24.4 Å². The van der Waals surface area contributed by atoms with E-state index < -0.39 is 0 Å². The number of hydrogen-bond acceptors (Lipinski definition) is 4. The second-order valence-corrected chi connectivity index (χ2v) is 3.78. The molecule has 1 saturated heterocycles. The van der Waals surface area contributed by atoms with Gasteiger partial charge in [0.2, 0.25) is 0 Å². The number of nitrogens with zero attached hydrogens (tertiary/aromatic N) is 1. The van der Waals surface area contributed by atoms with Crippen molar-refractivity contribution in [1.82, 2.24) is 10.3 Å². The van der Waals surface area contributed by atoms with Crippen molar-refractivity contribution in [1.29, 1.82) is 0 Å². The van der Waals surface area contributed by atoms with E-state index in [9.17, 15) is 0 Å². The molecule has 64 valence electrons. The number of hydrogen-bond donors (Lipinski definition) is 2. The molecule has 1 aliphatic heterocycles. The molecule has 0 saturated carbocycles. The molecule has 1 fully saturated rings. The molecule has 0 aromatic carbocycles. The van der Waals surface area contributed by atoms with Gasteiger partial charge in [-0.3, -0.25) is 5.32 Å². The molecule has 1 aromatic heterocycles. The number of anilines is 1. The molecule has 4 heteroatoms. The summed E-state index contributed by atoms with van der Waals surface area (Å²) in [6.45, 7) is 1.08. The van der Waals surface area contributed by atoms with Crippen LogP contribution in [-0.4, -0.2) is 22.8 Å². The molecule has 0 amide bonds. The first kappa shape index (κ1) is 7.89. The van der Waals surface area contributed by atoms with E-state index in [1.807, 2.05) is 30.0 Å². The van der Waals surface area contributed by atoms with Crippen molar-refractivity contribution in [3.8, 4) is 0 Å². The Morgan fingerprint density at radius 1 is 1.58 bits per heavy atom. The van der Waals surface area contributed by atoms with Gasteiger partial charge in [-0.2, -0.15) is 0 Å². The lowest BCUT2D eigenvalue weighted by Crippen LogP contribution is -2.27. The quantitative estimate of drug-likeness (QED) is 0.716. The highest BCUT2D eigenvalue weighted by atomic mass is 32.2. The summed E-state index contributed by atoms with van der Waals surface area (Å²) < 4.78 is 0. The van der Waals surface area contributed by atoms with Gasteiger partial charge in [-0.25, -0.2) is 4.98 Å². The van der Waals surface area contributed by atoms with Crippen molar-refractivity contribution < 1.29 is 0 Å². The highest BCUT2D eigenvalue weighted by molar-refractivity contribution is 8.00. The van der Waals surface area contributed by atoms with Crippen LogP contribution in [0.4, 0.5) is 5.82 Å². The Balaban J connectivity index is 1.94. The summed E-state index contributed by atoms with van der Waals surface area (Å²) in [5.74, 6) is 2.11. The summed E-state index contributed by atoms with van der Waals surface area (Å²) >= 11 is 1.87. The van der Waals surface area contributed by atoms with Crippen molar-refractivity contribution in [3.63, 3.8) is 0 Å². The minimum Gasteiger partial charge on any atom is -0.346 e. The molecule has 2 rings (SSSR count). The van der Waals surface area contributed by atoms with Crippen molar-refractivity contribution in [2.45, 2.75) is 5.50 Å². The normalized spacial score (nSPS) is 22.5. The highest BCUT2D eigenvalue weighted by Crippen LogP contribution is 2.15. The molecule has 12 heavy (non-hydrogen) atoms. The number of rotatable bonds is 2. The van der Waals surface area contributed by atoms with Crippen molar-refractivity contribution in [2.24, 2.45) is 0 Å². The lowest BCUT2D eigenvalue weighted by molar-refractivity contribution is 0.768. The molecule has 1 atom stereocenters. The fraction of sp³-hybridized carbons (Fsp3) is 0.375. The van der Waals surface area contributed by atoms with Gasteiger partial charge in [0, 0.05) is 18.5 Å². The third kappa shape index (κ3) is 1.89. The first-order valence-electron chi connectivity index (χ1n) is 3.98. The van der Waals surface area contributed by atoms with Gasteiger partial charge in [0.05, 0.1) is 0 Å².